The van der Waals surface area contributed by atoms with Crippen LogP contribution >= 0.6 is 0 Å². The van der Waals surface area contributed by atoms with Gasteiger partial charge in [-0.2, -0.15) is 0 Å². The first-order valence-corrected chi connectivity index (χ1v) is 9.77. The number of piperazine rings is 1. The van der Waals surface area contributed by atoms with Crippen LogP contribution in [0.2, 0.25) is 0 Å². The predicted molar refractivity (Wildman–Crippen MR) is 110 cm³/mol. The van der Waals surface area contributed by atoms with E-state index >= 15 is 0 Å². The molecule has 2 aromatic carbocycles. The fourth-order valence-corrected chi connectivity index (χ4v) is 3.56. The minimum Gasteiger partial charge on any atom is -0.340 e. The standard InChI is InChI=1S/C22H22N4O4/c1-25-8-10-26(11-9-25)19(27)12-14-2-5-16(6-3-14)23-20(28)15-4-7-17-18(13-15)22(30)24-21(17)29/h2-7,13H,8-12H2,1H3,(H,23,28)(H,24,29,30). The Balaban J connectivity index is 1.37. The van der Waals surface area contributed by atoms with Crippen molar-refractivity contribution in [3.05, 3.63) is 64.7 Å². The number of benzene rings is 2. The molecule has 4 rings (SSSR count). The van der Waals surface area contributed by atoms with Crippen LogP contribution in [0.4, 0.5) is 5.69 Å². The number of imide groups is 1. The maximum atomic E-state index is 12.5. The van der Waals surface area contributed by atoms with Crippen molar-refractivity contribution in [1.29, 1.82) is 0 Å². The summed E-state index contributed by atoms with van der Waals surface area (Å²) in [5.41, 5.74) is 2.21. The molecule has 2 heterocycles. The van der Waals surface area contributed by atoms with Crippen LogP contribution in [0.3, 0.4) is 0 Å². The van der Waals surface area contributed by atoms with E-state index in [1.807, 2.05) is 24.1 Å². The second kappa shape index (κ2) is 8.08. The molecule has 4 amide bonds. The molecule has 2 aliphatic rings. The molecule has 2 aromatic rings. The molecular weight excluding hydrogens is 384 g/mol. The lowest BCUT2D eigenvalue weighted by Gasteiger charge is -2.32. The Morgan fingerprint density at radius 3 is 2.30 bits per heavy atom. The molecule has 0 atom stereocenters. The number of carbonyl (C=O) groups is 4. The topological polar surface area (TPSA) is 98.8 Å². The zero-order valence-corrected chi connectivity index (χ0v) is 16.6. The van der Waals surface area contributed by atoms with Crippen LogP contribution < -0.4 is 10.6 Å². The molecule has 0 spiro atoms. The maximum Gasteiger partial charge on any atom is 0.258 e. The number of amides is 4. The molecule has 1 saturated heterocycles. The van der Waals surface area contributed by atoms with Crippen molar-refractivity contribution in [1.82, 2.24) is 15.1 Å². The Kier molecular flexibility index (Phi) is 5.33. The van der Waals surface area contributed by atoms with Gasteiger partial charge in [-0.15, -0.1) is 0 Å². The fraction of sp³-hybridized carbons (Fsp3) is 0.273. The number of nitrogens with zero attached hydrogens (tertiary/aromatic N) is 2. The highest BCUT2D eigenvalue weighted by Gasteiger charge is 2.27. The molecule has 8 nitrogen and oxygen atoms in total. The fourth-order valence-electron chi connectivity index (χ4n) is 3.56. The normalized spacial score (nSPS) is 16.2. The summed E-state index contributed by atoms with van der Waals surface area (Å²) in [5, 5.41) is 4.97. The Morgan fingerprint density at radius 2 is 1.60 bits per heavy atom. The number of fused-ring (bicyclic) bond motifs is 1. The Labute approximate surface area is 173 Å². The smallest absolute Gasteiger partial charge is 0.258 e. The first-order chi connectivity index (χ1) is 14.4. The zero-order chi connectivity index (χ0) is 21.3. The molecule has 30 heavy (non-hydrogen) atoms. The van der Waals surface area contributed by atoms with Gasteiger partial charge in [-0.1, -0.05) is 12.1 Å². The monoisotopic (exact) mass is 406 g/mol. The van der Waals surface area contributed by atoms with Gasteiger partial charge in [-0.3, -0.25) is 24.5 Å². The van der Waals surface area contributed by atoms with E-state index in [1.54, 1.807) is 12.1 Å². The zero-order valence-electron chi connectivity index (χ0n) is 16.6. The largest absolute Gasteiger partial charge is 0.340 e. The summed E-state index contributed by atoms with van der Waals surface area (Å²) in [6.45, 7) is 3.26. The van der Waals surface area contributed by atoms with Crippen LogP contribution in [0.25, 0.3) is 0 Å². The number of nitrogens with one attached hydrogen (secondary N) is 2. The minimum absolute atomic E-state index is 0.103. The van der Waals surface area contributed by atoms with Gasteiger partial charge in [0.2, 0.25) is 5.91 Å². The highest BCUT2D eigenvalue weighted by Crippen LogP contribution is 2.19. The van der Waals surface area contributed by atoms with Crippen molar-refractivity contribution in [2.24, 2.45) is 0 Å². The second-order valence-electron chi connectivity index (χ2n) is 7.56. The van der Waals surface area contributed by atoms with E-state index in [0.717, 1.165) is 31.7 Å². The van der Waals surface area contributed by atoms with Gasteiger partial charge in [-0.05, 0) is 42.9 Å². The molecule has 8 heteroatoms. The summed E-state index contributed by atoms with van der Waals surface area (Å²) in [6.07, 6.45) is 0.325. The highest BCUT2D eigenvalue weighted by atomic mass is 16.2. The summed E-state index contributed by atoms with van der Waals surface area (Å²) in [6, 6.07) is 11.5. The minimum atomic E-state index is -0.501. The van der Waals surface area contributed by atoms with Gasteiger partial charge < -0.3 is 15.1 Å². The summed E-state index contributed by atoms with van der Waals surface area (Å²) >= 11 is 0. The molecule has 0 aromatic heterocycles. The third-order valence-corrected chi connectivity index (χ3v) is 5.42. The number of hydrogen-bond donors (Lipinski definition) is 2. The highest BCUT2D eigenvalue weighted by molar-refractivity contribution is 6.22. The number of hydrogen-bond acceptors (Lipinski definition) is 5. The first-order valence-electron chi connectivity index (χ1n) is 9.77. The van der Waals surface area contributed by atoms with Crippen molar-refractivity contribution < 1.29 is 19.2 Å². The van der Waals surface area contributed by atoms with Crippen LogP contribution in [0.5, 0.6) is 0 Å². The number of likely N-dealkylation sites (N-methyl/N-ethyl adjacent to an activating group) is 1. The van der Waals surface area contributed by atoms with Crippen LogP contribution in [0.1, 0.15) is 36.6 Å². The maximum absolute atomic E-state index is 12.5. The van der Waals surface area contributed by atoms with E-state index in [4.69, 9.17) is 0 Å². The van der Waals surface area contributed by atoms with Gasteiger partial charge in [0.1, 0.15) is 0 Å². The lowest BCUT2D eigenvalue weighted by Crippen LogP contribution is -2.47. The van der Waals surface area contributed by atoms with E-state index < -0.39 is 11.8 Å². The van der Waals surface area contributed by atoms with Gasteiger partial charge in [0.15, 0.2) is 0 Å². The molecule has 1 fully saturated rings. The van der Waals surface area contributed by atoms with Crippen molar-refractivity contribution in [2.75, 3.05) is 38.5 Å². The molecule has 0 bridgehead atoms. The molecule has 0 aliphatic carbocycles. The quantitative estimate of drug-likeness (QED) is 0.742. The van der Waals surface area contributed by atoms with E-state index in [1.165, 1.54) is 18.2 Å². The van der Waals surface area contributed by atoms with Crippen molar-refractivity contribution in [3.8, 4) is 0 Å². The SMILES string of the molecule is CN1CCN(C(=O)Cc2ccc(NC(=O)c3ccc4c(c3)C(=O)NC4=O)cc2)CC1. The molecular formula is C22H22N4O4. The second-order valence-corrected chi connectivity index (χ2v) is 7.56. The van der Waals surface area contributed by atoms with Gasteiger partial charge in [0.05, 0.1) is 17.5 Å². The third kappa shape index (κ3) is 4.08. The van der Waals surface area contributed by atoms with Crippen LogP contribution in [0, 0.1) is 0 Å². The average molecular weight is 406 g/mol. The van der Waals surface area contributed by atoms with Crippen molar-refractivity contribution in [3.63, 3.8) is 0 Å². The molecule has 2 N–H and O–H groups in total. The van der Waals surface area contributed by atoms with E-state index in [2.05, 4.69) is 15.5 Å². The molecule has 0 saturated carbocycles. The van der Waals surface area contributed by atoms with Gasteiger partial charge in [0, 0.05) is 37.4 Å². The van der Waals surface area contributed by atoms with Crippen LogP contribution in [-0.2, 0) is 11.2 Å². The van der Waals surface area contributed by atoms with Crippen molar-refractivity contribution >= 4 is 29.3 Å². The van der Waals surface area contributed by atoms with Gasteiger partial charge in [-0.25, -0.2) is 0 Å². The molecule has 154 valence electrons. The first kappa shape index (κ1) is 19.8. The summed E-state index contributed by atoms with van der Waals surface area (Å²) in [7, 11) is 2.05. The van der Waals surface area contributed by atoms with E-state index in [9.17, 15) is 19.2 Å². The van der Waals surface area contributed by atoms with E-state index in [-0.39, 0.29) is 28.5 Å². The van der Waals surface area contributed by atoms with Crippen LogP contribution in [-0.4, -0.2) is 66.7 Å². The van der Waals surface area contributed by atoms with Crippen LogP contribution in [0.15, 0.2) is 42.5 Å². The number of rotatable bonds is 4. The summed E-state index contributed by atoms with van der Waals surface area (Å²) in [4.78, 5) is 52.4. The average Bonchev–Trinajstić information content (AvgIpc) is 3.03. The summed E-state index contributed by atoms with van der Waals surface area (Å²) < 4.78 is 0. The predicted octanol–water partition coefficient (Wildman–Crippen LogP) is 1.14. The Bertz CT molecular complexity index is 1020. The number of carbonyl (C=O) groups excluding carboxylic acids is 4. The molecule has 0 unspecified atom stereocenters. The Morgan fingerprint density at radius 1 is 0.933 bits per heavy atom. The summed E-state index contributed by atoms with van der Waals surface area (Å²) in [5.74, 6) is -1.24. The lowest BCUT2D eigenvalue weighted by atomic mass is 10.0. The molecule has 0 radical (unpaired) electrons. The number of anilines is 1. The van der Waals surface area contributed by atoms with Gasteiger partial charge in [0.25, 0.3) is 17.7 Å². The Hall–Kier alpha value is -3.52. The van der Waals surface area contributed by atoms with Crippen molar-refractivity contribution in [2.45, 2.75) is 6.42 Å². The molecule has 2 aliphatic heterocycles. The lowest BCUT2D eigenvalue weighted by molar-refractivity contribution is -0.132. The van der Waals surface area contributed by atoms with Gasteiger partial charge >= 0.3 is 0 Å². The van der Waals surface area contributed by atoms with E-state index in [0.29, 0.717) is 12.1 Å². The third-order valence-electron chi connectivity index (χ3n) is 5.42.